The second kappa shape index (κ2) is 7.55. The third kappa shape index (κ3) is 3.57. The van der Waals surface area contributed by atoms with Gasteiger partial charge in [0.2, 0.25) is 5.82 Å². The van der Waals surface area contributed by atoms with E-state index in [1.54, 1.807) is 12.1 Å². The van der Waals surface area contributed by atoms with Gasteiger partial charge in [0.15, 0.2) is 17.3 Å². The molecule has 0 atom stereocenters. The first kappa shape index (κ1) is 18.4. The van der Waals surface area contributed by atoms with Crippen LogP contribution in [0.25, 0.3) is 16.7 Å². The molecule has 2 aromatic carbocycles. The van der Waals surface area contributed by atoms with Crippen molar-refractivity contribution in [3.05, 3.63) is 87.2 Å². The van der Waals surface area contributed by atoms with Crippen molar-refractivity contribution in [1.29, 1.82) is 0 Å². The molecule has 4 rings (SSSR count). The Morgan fingerprint density at radius 2 is 1.90 bits per heavy atom. The lowest BCUT2D eigenvalue weighted by Crippen LogP contribution is -2.30. The van der Waals surface area contributed by atoms with E-state index in [1.807, 2.05) is 35.3 Å². The topological polar surface area (TPSA) is 99.1 Å². The first-order chi connectivity index (χ1) is 14.1. The summed E-state index contributed by atoms with van der Waals surface area (Å²) in [7, 11) is 1.48. The molecule has 0 radical (unpaired) electrons. The fourth-order valence-electron chi connectivity index (χ4n) is 2.86. The fourth-order valence-corrected chi connectivity index (χ4v) is 2.86. The second-order valence-electron chi connectivity index (χ2n) is 6.10. The maximum atomic E-state index is 13.7. The number of H-pyrrole nitrogens is 1. The van der Waals surface area contributed by atoms with Crippen LogP contribution >= 0.6 is 0 Å². The summed E-state index contributed by atoms with van der Waals surface area (Å²) in [5, 5.41) is 0.421. The molecule has 0 saturated heterocycles. The van der Waals surface area contributed by atoms with Crippen molar-refractivity contribution in [3.8, 4) is 17.3 Å². The molecule has 2 heterocycles. The van der Waals surface area contributed by atoms with Crippen LogP contribution in [0.15, 0.2) is 64.6 Å². The normalized spacial score (nSPS) is 10.8. The first-order valence-electron chi connectivity index (χ1n) is 8.58. The van der Waals surface area contributed by atoms with E-state index in [2.05, 4.69) is 9.97 Å². The van der Waals surface area contributed by atoms with E-state index < -0.39 is 17.1 Å². The van der Waals surface area contributed by atoms with E-state index in [1.165, 1.54) is 13.4 Å². The number of nitrogens with zero attached hydrogens (tertiary/aromatic N) is 3. The van der Waals surface area contributed by atoms with Crippen molar-refractivity contribution >= 4 is 10.9 Å². The summed E-state index contributed by atoms with van der Waals surface area (Å²) < 4.78 is 25.9. The van der Waals surface area contributed by atoms with Crippen molar-refractivity contribution in [1.82, 2.24) is 19.5 Å². The van der Waals surface area contributed by atoms with Crippen molar-refractivity contribution in [2.24, 2.45) is 0 Å². The predicted octanol–water partition coefficient (Wildman–Crippen LogP) is 2.20. The van der Waals surface area contributed by atoms with Gasteiger partial charge in [-0.3, -0.25) is 9.78 Å². The molecule has 4 aromatic rings. The van der Waals surface area contributed by atoms with Crippen molar-refractivity contribution < 1.29 is 13.9 Å². The lowest BCUT2D eigenvalue weighted by Gasteiger charge is -2.13. The van der Waals surface area contributed by atoms with Gasteiger partial charge in [0.1, 0.15) is 12.9 Å². The van der Waals surface area contributed by atoms with E-state index in [0.717, 1.165) is 16.3 Å². The molecule has 9 heteroatoms. The maximum Gasteiger partial charge on any atom is 0.334 e. The molecule has 0 aliphatic rings. The van der Waals surface area contributed by atoms with Gasteiger partial charge in [-0.05, 0) is 11.6 Å². The lowest BCUT2D eigenvalue weighted by molar-refractivity contribution is 0.285. The number of aromatic nitrogens is 4. The van der Waals surface area contributed by atoms with Gasteiger partial charge in [0.05, 0.1) is 18.8 Å². The molecule has 2 aromatic heterocycles. The monoisotopic (exact) mass is 394 g/mol. The Kier molecular flexibility index (Phi) is 4.78. The van der Waals surface area contributed by atoms with Crippen LogP contribution in [0.1, 0.15) is 5.56 Å². The van der Waals surface area contributed by atoms with Crippen LogP contribution in [0.4, 0.5) is 4.39 Å². The number of methoxy groups -OCH3 is 1. The highest BCUT2D eigenvalue weighted by atomic mass is 19.1. The molecule has 29 heavy (non-hydrogen) atoms. The highest BCUT2D eigenvalue weighted by molar-refractivity contribution is 5.88. The molecule has 0 amide bonds. The van der Waals surface area contributed by atoms with Crippen LogP contribution in [0.3, 0.4) is 0 Å². The quantitative estimate of drug-likeness (QED) is 0.557. The second-order valence-corrected chi connectivity index (χ2v) is 6.10. The molecule has 0 saturated carbocycles. The van der Waals surface area contributed by atoms with E-state index in [0.29, 0.717) is 29.0 Å². The maximum absolute atomic E-state index is 13.7. The summed E-state index contributed by atoms with van der Waals surface area (Å²) in [4.78, 5) is 33.6. The van der Waals surface area contributed by atoms with Gasteiger partial charge in [-0.1, -0.05) is 30.3 Å². The van der Waals surface area contributed by atoms with Gasteiger partial charge in [-0.25, -0.2) is 19.3 Å². The summed E-state index contributed by atoms with van der Waals surface area (Å²) in [6, 6.07) is 12.9. The minimum atomic E-state index is -1.11. The predicted molar refractivity (Wildman–Crippen MR) is 103 cm³/mol. The van der Waals surface area contributed by atoms with E-state index >= 15 is 0 Å². The molecular formula is C20H15FN4O4. The molecule has 0 bridgehead atoms. The van der Waals surface area contributed by atoms with Gasteiger partial charge in [-0.2, -0.15) is 4.39 Å². The zero-order valence-electron chi connectivity index (χ0n) is 15.3. The number of fused-ring (bicyclic) bond motifs is 1. The lowest BCUT2D eigenvalue weighted by atomic mass is 10.2. The number of hydrogen-bond acceptors (Lipinski definition) is 6. The first-order valence-corrected chi connectivity index (χ1v) is 8.58. The number of rotatable bonds is 5. The molecular weight excluding hydrogens is 379 g/mol. The SMILES string of the molecule is COc1cc2c(-n3cc(F)c(=O)[nH]c3=O)ncnc2cc1OCc1ccccc1. The van der Waals surface area contributed by atoms with Gasteiger partial charge >= 0.3 is 5.69 Å². The average Bonchev–Trinajstić information content (AvgIpc) is 2.74. The minimum Gasteiger partial charge on any atom is -0.493 e. The number of nitrogens with one attached hydrogen (secondary N) is 1. The standard InChI is InChI=1S/C20H15FN4O4/c1-28-16-7-13-15(8-17(16)29-10-12-5-3-2-4-6-12)22-11-23-18(13)25-9-14(21)19(26)24-20(25)27/h2-9,11H,10H2,1H3,(H,24,26,27). The average molecular weight is 394 g/mol. The molecule has 0 fully saturated rings. The summed E-state index contributed by atoms with van der Waals surface area (Å²) in [6.07, 6.45) is 2.02. The zero-order chi connectivity index (χ0) is 20.4. The Balaban J connectivity index is 1.81. The minimum absolute atomic E-state index is 0.100. The number of ether oxygens (including phenoxy) is 2. The Morgan fingerprint density at radius 3 is 2.66 bits per heavy atom. The third-order valence-electron chi connectivity index (χ3n) is 4.26. The summed E-state index contributed by atoms with van der Waals surface area (Å²) in [5.74, 6) is -0.162. The van der Waals surface area contributed by atoms with Crippen LogP contribution in [0.2, 0.25) is 0 Å². The smallest absolute Gasteiger partial charge is 0.334 e. The van der Waals surface area contributed by atoms with E-state index in [9.17, 15) is 14.0 Å². The number of hydrogen-bond donors (Lipinski definition) is 1. The molecule has 0 unspecified atom stereocenters. The van der Waals surface area contributed by atoms with E-state index in [-0.39, 0.29) is 5.82 Å². The number of aromatic amines is 1. The van der Waals surface area contributed by atoms with Gasteiger partial charge < -0.3 is 9.47 Å². The van der Waals surface area contributed by atoms with Crippen LogP contribution in [-0.2, 0) is 6.61 Å². The summed E-state index contributed by atoms with van der Waals surface area (Å²) in [6.45, 7) is 0.325. The Hall–Kier alpha value is -4.01. The number of benzene rings is 2. The van der Waals surface area contributed by atoms with E-state index in [4.69, 9.17) is 9.47 Å². The van der Waals surface area contributed by atoms with Crippen LogP contribution < -0.4 is 20.7 Å². The fraction of sp³-hybridized carbons (Fsp3) is 0.100. The largest absolute Gasteiger partial charge is 0.493 e. The Labute approximate surface area is 163 Å². The Morgan fingerprint density at radius 1 is 1.10 bits per heavy atom. The van der Waals surface area contributed by atoms with Gasteiger partial charge in [-0.15, -0.1) is 0 Å². The molecule has 0 spiro atoms. The zero-order valence-corrected chi connectivity index (χ0v) is 15.3. The van der Waals surface area contributed by atoms with Crippen molar-refractivity contribution in [2.45, 2.75) is 6.61 Å². The highest BCUT2D eigenvalue weighted by Gasteiger charge is 2.15. The summed E-state index contributed by atoms with van der Waals surface area (Å²) in [5.41, 5.74) is -0.482. The molecule has 8 nitrogen and oxygen atoms in total. The molecule has 0 aliphatic carbocycles. The van der Waals surface area contributed by atoms with Crippen LogP contribution in [0, 0.1) is 5.82 Å². The third-order valence-corrected chi connectivity index (χ3v) is 4.26. The molecule has 0 aliphatic heterocycles. The molecule has 146 valence electrons. The highest BCUT2D eigenvalue weighted by Crippen LogP contribution is 2.33. The van der Waals surface area contributed by atoms with Crippen molar-refractivity contribution in [2.75, 3.05) is 7.11 Å². The van der Waals surface area contributed by atoms with Gasteiger partial charge in [0, 0.05) is 11.5 Å². The summed E-state index contributed by atoms with van der Waals surface area (Å²) >= 11 is 0. The van der Waals surface area contributed by atoms with Crippen molar-refractivity contribution in [3.63, 3.8) is 0 Å². The van der Waals surface area contributed by atoms with Gasteiger partial charge in [0.25, 0.3) is 5.56 Å². The Bertz CT molecular complexity index is 1300. The number of halogens is 1. The molecule has 1 N–H and O–H groups in total. The van der Waals surface area contributed by atoms with Crippen LogP contribution in [0.5, 0.6) is 11.5 Å². The van der Waals surface area contributed by atoms with Crippen LogP contribution in [-0.4, -0.2) is 26.6 Å².